The molecular weight excluding hydrogens is 360 g/mol. The van der Waals surface area contributed by atoms with Gasteiger partial charge in [-0.25, -0.2) is 0 Å². The maximum atomic E-state index is 13.2. The average Bonchev–Trinajstić information content (AvgIpc) is 3.37. The number of halogens is 2. The zero-order valence-corrected chi connectivity index (χ0v) is 14.8. The van der Waals surface area contributed by atoms with Crippen LogP contribution in [0, 0.1) is 0 Å². The molecule has 1 atom stereocenters. The van der Waals surface area contributed by atoms with E-state index in [-0.39, 0.29) is 17.5 Å². The van der Waals surface area contributed by atoms with Crippen molar-refractivity contribution in [3.05, 3.63) is 48.3 Å². The minimum absolute atomic E-state index is 0.00189. The Morgan fingerprint density at radius 3 is 2.73 bits per heavy atom. The van der Waals surface area contributed by atoms with Crippen molar-refractivity contribution in [3.63, 3.8) is 0 Å². The number of pyridine rings is 1. The topological polar surface area (TPSA) is 46.6 Å². The number of nitrogens with one attached hydrogen (secondary N) is 1. The van der Waals surface area contributed by atoms with Crippen molar-refractivity contribution < 1.29 is 18.3 Å². The van der Waals surface area contributed by atoms with Gasteiger partial charge in [0.05, 0.1) is 11.7 Å². The zero-order chi connectivity index (χ0) is 18.3. The van der Waals surface area contributed by atoms with Gasteiger partial charge in [0.15, 0.2) is 16.6 Å². The number of aromatic nitrogens is 1. The van der Waals surface area contributed by atoms with Crippen molar-refractivity contribution in [2.45, 2.75) is 38.1 Å². The molecule has 2 heterocycles. The highest BCUT2D eigenvalue weighted by atomic mass is 32.1. The lowest BCUT2D eigenvalue weighted by Crippen LogP contribution is -2.38. The Kier molecular flexibility index (Phi) is 4.14. The summed E-state index contributed by atoms with van der Waals surface area (Å²) in [5.74, 6) is -0.00841. The maximum absolute atomic E-state index is 13.2. The first kappa shape index (κ1) is 17.0. The van der Waals surface area contributed by atoms with E-state index in [1.807, 2.05) is 18.2 Å². The molecule has 1 N–H and O–H groups in total. The Morgan fingerprint density at radius 1 is 1.27 bits per heavy atom. The number of benzene rings is 1. The van der Waals surface area contributed by atoms with Crippen LogP contribution < -0.4 is 14.8 Å². The first-order chi connectivity index (χ1) is 12.4. The molecule has 2 aliphatic rings. The summed E-state index contributed by atoms with van der Waals surface area (Å²) in [5, 5.41) is 3.64. The van der Waals surface area contributed by atoms with Crippen molar-refractivity contribution in [2.24, 2.45) is 0 Å². The summed E-state index contributed by atoms with van der Waals surface area (Å²) in [6.45, 7) is 2.05. The molecule has 0 unspecified atom stereocenters. The van der Waals surface area contributed by atoms with Crippen LogP contribution in [0.4, 0.5) is 14.5 Å². The summed E-state index contributed by atoms with van der Waals surface area (Å²) in [7, 11) is 0. The second-order valence-corrected chi connectivity index (χ2v) is 6.71. The zero-order valence-electron chi connectivity index (χ0n) is 14.0. The lowest BCUT2D eigenvalue weighted by Gasteiger charge is -2.31. The molecule has 1 aromatic heterocycles. The van der Waals surface area contributed by atoms with E-state index in [1.54, 1.807) is 12.3 Å². The molecule has 0 radical (unpaired) electrons. The number of hydrogen-bond donors (Lipinski definition) is 1. The summed E-state index contributed by atoms with van der Waals surface area (Å²) >= 11 is 5.59. The fourth-order valence-electron chi connectivity index (χ4n) is 2.99. The van der Waals surface area contributed by atoms with E-state index in [0.29, 0.717) is 16.8 Å². The lowest BCUT2D eigenvalue weighted by molar-refractivity contribution is -0.286. The second kappa shape index (κ2) is 6.35. The smallest absolute Gasteiger partial charge is 0.395 e. The Morgan fingerprint density at radius 2 is 2.04 bits per heavy atom. The average molecular weight is 377 g/mol. The monoisotopic (exact) mass is 377 g/mol. The molecule has 0 saturated heterocycles. The number of hydrogen-bond acceptors (Lipinski definition) is 4. The predicted octanol–water partition coefficient (Wildman–Crippen LogP) is 4.33. The van der Waals surface area contributed by atoms with E-state index in [9.17, 15) is 8.78 Å². The lowest BCUT2D eigenvalue weighted by atomic mass is 10.2. The van der Waals surface area contributed by atoms with Gasteiger partial charge in [-0.15, -0.1) is 8.78 Å². The molecular formula is C18H17F2N3O2S. The van der Waals surface area contributed by atoms with Gasteiger partial charge in [-0.2, -0.15) is 0 Å². The van der Waals surface area contributed by atoms with Crippen molar-refractivity contribution >= 4 is 23.0 Å². The fraction of sp³-hybridized carbons (Fsp3) is 0.333. The van der Waals surface area contributed by atoms with Crippen LogP contribution in [0.15, 0.2) is 42.6 Å². The van der Waals surface area contributed by atoms with Gasteiger partial charge in [0.25, 0.3) is 0 Å². The first-order valence-corrected chi connectivity index (χ1v) is 8.74. The van der Waals surface area contributed by atoms with Gasteiger partial charge >= 0.3 is 6.29 Å². The van der Waals surface area contributed by atoms with E-state index in [0.717, 1.165) is 18.5 Å². The third-order valence-electron chi connectivity index (χ3n) is 4.36. The van der Waals surface area contributed by atoms with E-state index in [2.05, 4.69) is 31.6 Å². The SMILES string of the molecule is C[C@H](c1ccccn1)N(C(=S)Nc1ccc2c(c1)OC(F)(F)O2)C1CC1. The van der Waals surface area contributed by atoms with Crippen LogP contribution >= 0.6 is 12.2 Å². The number of rotatable bonds is 4. The third-order valence-corrected chi connectivity index (χ3v) is 4.67. The van der Waals surface area contributed by atoms with E-state index in [4.69, 9.17) is 12.2 Å². The van der Waals surface area contributed by atoms with Gasteiger partial charge in [0.1, 0.15) is 0 Å². The Bertz CT molecular complexity index is 830. The minimum Gasteiger partial charge on any atom is -0.395 e. The second-order valence-electron chi connectivity index (χ2n) is 6.33. The molecule has 2 aromatic rings. The third kappa shape index (κ3) is 3.41. The van der Waals surface area contributed by atoms with Gasteiger partial charge in [0.2, 0.25) is 0 Å². The summed E-state index contributed by atoms with van der Waals surface area (Å²) in [6, 6.07) is 10.7. The van der Waals surface area contributed by atoms with Crippen molar-refractivity contribution in [2.75, 3.05) is 5.32 Å². The van der Waals surface area contributed by atoms with E-state index >= 15 is 0 Å². The Labute approximate surface area is 154 Å². The molecule has 26 heavy (non-hydrogen) atoms. The number of fused-ring (bicyclic) bond motifs is 1. The molecule has 4 rings (SSSR count). The molecule has 1 saturated carbocycles. The van der Waals surface area contributed by atoms with Crippen LogP contribution in [0.1, 0.15) is 31.5 Å². The Hall–Kier alpha value is -2.48. The highest BCUT2D eigenvalue weighted by Gasteiger charge is 2.43. The van der Waals surface area contributed by atoms with Crippen LogP contribution in [0.5, 0.6) is 11.5 Å². The van der Waals surface area contributed by atoms with Gasteiger partial charge in [-0.3, -0.25) is 4.98 Å². The van der Waals surface area contributed by atoms with Crippen LogP contribution in [0.2, 0.25) is 0 Å². The van der Waals surface area contributed by atoms with Crippen LogP contribution in [0.3, 0.4) is 0 Å². The molecule has 0 bridgehead atoms. The highest BCUT2D eigenvalue weighted by Crippen LogP contribution is 2.42. The predicted molar refractivity (Wildman–Crippen MR) is 96.4 cm³/mol. The molecule has 1 aliphatic heterocycles. The fourth-order valence-corrected chi connectivity index (χ4v) is 3.42. The number of ether oxygens (including phenoxy) is 2. The first-order valence-electron chi connectivity index (χ1n) is 8.33. The molecule has 1 aromatic carbocycles. The number of thiocarbonyl (C=S) groups is 1. The maximum Gasteiger partial charge on any atom is 0.586 e. The largest absolute Gasteiger partial charge is 0.586 e. The summed E-state index contributed by atoms with van der Waals surface area (Å²) in [4.78, 5) is 6.52. The van der Waals surface area contributed by atoms with Crippen molar-refractivity contribution in [3.8, 4) is 11.5 Å². The van der Waals surface area contributed by atoms with E-state index in [1.165, 1.54) is 12.1 Å². The number of nitrogens with zero attached hydrogens (tertiary/aromatic N) is 2. The van der Waals surface area contributed by atoms with Crippen LogP contribution in [0.25, 0.3) is 0 Å². The number of alkyl halides is 2. The van der Waals surface area contributed by atoms with Crippen LogP contribution in [-0.4, -0.2) is 27.3 Å². The van der Waals surface area contributed by atoms with Gasteiger partial charge in [-0.1, -0.05) is 6.07 Å². The highest BCUT2D eigenvalue weighted by molar-refractivity contribution is 7.80. The summed E-state index contributed by atoms with van der Waals surface area (Å²) in [6.07, 6.45) is 0.249. The van der Waals surface area contributed by atoms with Crippen molar-refractivity contribution in [1.82, 2.24) is 9.88 Å². The molecule has 8 heteroatoms. The molecule has 1 aliphatic carbocycles. The quantitative estimate of drug-likeness (QED) is 0.801. The molecule has 0 amide bonds. The Balaban J connectivity index is 1.51. The number of anilines is 1. The minimum atomic E-state index is -3.63. The molecule has 0 spiro atoms. The molecule has 136 valence electrons. The van der Waals surface area contributed by atoms with Gasteiger partial charge in [-0.05, 0) is 56.2 Å². The molecule has 5 nitrogen and oxygen atoms in total. The van der Waals surface area contributed by atoms with Gasteiger partial charge < -0.3 is 19.7 Å². The van der Waals surface area contributed by atoms with Crippen LogP contribution in [-0.2, 0) is 0 Å². The summed E-state index contributed by atoms with van der Waals surface area (Å²) in [5.41, 5.74) is 1.49. The standard InChI is InChI=1S/C18H17F2N3O2S/c1-11(14-4-2-3-9-21-14)23(13-6-7-13)17(26)22-12-5-8-15-16(10-12)25-18(19,20)24-15/h2-5,8-11,13H,6-7H2,1H3,(H,22,26)/t11-/m1/s1. The van der Waals surface area contributed by atoms with Gasteiger partial charge in [0, 0.05) is 24.0 Å². The normalized spacial score (nSPS) is 18.3. The molecule has 1 fully saturated rings. The van der Waals surface area contributed by atoms with Crippen molar-refractivity contribution in [1.29, 1.82) is 0 Å². The van der Waals surface area contributed by atoms with E-state index < -0.39 is 6.29 Å². The summed E-state index contributed by atoms with van der Waals surface area (Å²) < 4.78 is 35.2.